The second-order valence-corrected chi connectivity index (χ2v) is 4.83. The van der Waals surface area contributed by atoms with Gasteiger partial charge in [0.05, 0.1) is 17.7 Å². The van der Waals surface area contributed by atoms with Crippen LogP contribution in [0, 0.1) is 10.1 Å². The first kappa shape index (κ1) is 16.9. The van der Waals surface area contributed by atoms with E-state index < -0.39 is 10.8 Å². The molecular formula is C16H15N3O5. The molecule has 1 amide bonds. The van der Waals surface area contributed by atoms with Crippen LogP contribution in [0.5, 0.6) is 11.5 Å². The van der Waals surface area contributed by atoms with Gasteiger partial charge in [0.25, 0.3) is 11.6 Å². The number of ether oxygens (including phenoxy) is 1. The number of nitro benzene ring substituents is 1. The van der Waals surface area contributed by atoms with E-state index in [0.717, 1.165) is 0 Å². The first-order chi connectivity index (χ1) is 11.4. The number of nitrogens with one attached hydrogen (secondary N) is 1. The van der Waals surface area contributed by atoms with E-state index >= 15 is 0 Å². The first-order valence-corrected chi connectivity index (χ1v) is 6.89. The molecule has 2 N–H and O–H groups in total. The highest BCUT2D eigenvalue weighted by atomic mass is 16.6. The second-order valence-electron chi connectivity index (χ2n) is 4.83. The molecule has 0 fully saturated rings. The maximum absolute atomic E-state index is 12.0. The number of carbonyl (C=O) groups excluding carboxylic acids is 1. The smallest absolute Gasteiger partial charge is 0.271 e. The summed E-state index contributed by atoms with van der Waals surface area (Å²) < 4.78 is 5.01. The van der Waals surface area contributed by atoms with Crippen LogP contribution in [-0.2, 0) is 0 Å². The van der Waals surface area contributed by atoms with E-state index in [0.29, 0.717) is 11.3 Å². The zero-order chi connectivity index (χ0) is 17.7. The summed E-state index contributed by atoms with van der Waals surface area (Å²) >= 11 is 0. The zero-order valence-electron chi connectivity index (χ0n) is 13.0. The van der Waals surface area contributed by atoms with Crippen molar-refractivity contribution < 1.29 is 19.6 Å². The molecule has 8 heteroatoms. The van der Waals surface area contributed by atoms with Crippen molar-refractivity contribution in [2.45, 2.75) is 6.92 Å². The van der Waals surface area contributed by atoms with E-state index in [2.05, 4.69) is 10.5 Å². The summed E-state index contributed by atoms with van der Waals surface area (Å²) in [4.78, 5) is 22.2. The molecular weight excluding hydrogens is 314 g/mol. The molecule has 2 rings (SSSR count). The third-order valence-electron chi connectivity index (χ3n) is 3.24. The Morgan fingerprint density at radius 2 is 2.00 bits per heavy atom. The lowest BCUT2D eigenvalue weighted by atomic mass is 10.1. The average Bonchev–Trinajstić information content (AvgIpc) is 2.59. The highest BCUT2D eigenvalue weighted by Crippen LogP contribution is 2.26. The van der Waals surface area contributed by atoms with Gasteiger partial charge < -0.3 is 9.84 Å². The maximum Gasteiger partial charge on any atom is 0.271 e. The second kappa shape index (κ2) is 7.23. The van der Waals surface area contributed by atoms with Crippen LogP contribution < -0.4 is 10.2 Å². The van der Waals surface area contributed by atoms with Crippen molar-refractivity contribution >= 4 is 17.3 Å². The fraction of sp³-hybridized carbons (Fsp3) is 0.125. The largest absolute Gasteiger partial charge is 0.504 e. The predicted molar refractivity (Wildman–Crippen MR) is 87.4 cm³/mol. The van der Waals surface area contributed by atoms with E-state index in [4.69, 9.17) is 4.74 Å². The van der Waals surface area contributed by atoms with Gasteiger partial charge in [-0.05, 0) is 31.2 Å². The van der Waals surface area contributed by atoms with E-state index in [-0.39, 0.29) is 22.7 Å². The van der Waals surface area contributed by atoms with Gasteiger partial charge in [-0.2, -0.15) is 5.10 Å². The Morgan fingerprint density at radius 3 is 2.67 bits per heavy atom. The molecule has 0 radical (unpaired) electrons. The van der Waals surface area contributed by atoms with Crippen molar-refractivity contribution in [2.24, 2.45) is 5.10 Å². The molecule has 0 saturated carbocycles. The number of phenols is 1. The third kappa shape index (κ3) is 3.86. The van der Waals surface area contributed by atoms with Gasteiger partial charge in [0.2, 0.25) is 0 Å². The number of hydrazone groups is 1. The quantitative estimate of drug-likeness (QED) is 0.497. The number of phenolic OH excluding ortho intramolecular Hbond substituents is 1. The van der Waals surface area contributed by atoms with E-state index in [1.807, 2.05) is 0 Å². The Hall–Kier alpha value is -3.42. The van der Waals surface area contributed by atoms with Crippen molar-refractivity contribution in [1.82, 2.24) is 5.43 Å². The normalized spacial score (nSPS) is 11.0. The van der Waals surface area contributed by atoms with E-state index in [9.17, 15) is 20.0 Å². The Morgan fingerprint density at radius 1 is 1.25 bits per heavy atom. The number of benzene rings is 2. The van der Waals surface area contributed by atoms with Crippen molar-refractivity contribution in [3.05, 3.63) is 63.7 Å². The minimum Gasteiger partial charge on any atom is -0.504 e. The summed E-state index contributed by atoms with van der Waals surface area (Å²) in [6.07, 6.45) is 0. The summed E-state index contributed by atoms with van der Waals surface area (Å²) in [6.45, 7) is 1.67. The molecule has 2 aromatic carbocycles. The minimum absolute atomic E-state index is 0.00493. The lowest BCUT2D eigenvalue weighted by Crippen LogP contribution is -2.19. The first-order valence-electron chi connectivity index (χ1n) is 6.89. The molecule has 0 saturated heterocycles. The number of nitrogens with zero attached hydrogens (tertiary/aromatic N) is 2. The van der Waals surface area contributed by atoms with Gasteiger partial charge in [-0.15, -0.1) is 0 Å². The van der Waals surface area contributed by atoms with Crippen LogP contribution in [0.15, 0.2) is 47.6 Å². The monoisotopic (exact) mass is 329 g/mol. The number of rotatable bonds is 5. The Bertz CT molecular complexity index is 817. The standard InChI is InChI=1S/C16H15N3O5/c1-10(11-6-7-14(20)15(9-11)24-2)17-18-16(21)12-4-3-5-13(8-12)19(22)23/h3-9,20H,1-2H3,(H,18,21). The van der Waals surface area contributed by atoms with Crippen LogP contribution in [0.1, 0.15) is 22.8 Å². The maximum atomic E-state index is 12.0. The van der Waals surface area contributed by atoms with Gasteiger partial charge >= 0.3 is 0 Å². The molecule has 0 heterocycles. The summed E-state index contributed by atoms with van der Waals surface area (Å²) in [6, 6.07) is 10.0. The molecule has 0 aromatic heterocycles. The van der Waals surface area contributed by atoms with Crippen LogP contribution in [-0.4, -0.2) is 28.8 Å². The van der Waals surface area contributed by atoms with Gasteiger partial charge in [0, 0.05) is 23.3 Å². The molecule has 0 atom stereocenters. The average molecular weight is 329 g/mol. The van der Waals surface area contributed by atoms with Crippen molar-refractivity contribution in [3.8, 4) is 11.5 Å². The van der Waals surface area contributed by atoms with Gasteiger partial charge in [0.1, 0.15) is 0 Å². The number of hydrogen-bond acceptors (Lipinski definition) is 6. The van der Waals surface area contributed by atoms with Crippen molar-refractivity contribution in [1.29, 1.82) is 0 Å². The number of methoxy groups -OCH3 is 1. The topological polar surface area (TPSA) is 114 Å². The van der Waals surface area contributed by atoms with Crippen LogP contribution in [0.3, 0.4) is 0 Å². The van der Waals surface area contributed by atoms with Gasteiger partial charge in [-0.25, -0.2) is 5.43 Å². The van der Waals surface area contributed by atoms with Crippen LogP contribution >= 0.6 is 0 Å². The van der Waals surface area contributed by atoms with Gasteiger partial charge in [-0.3, -0.25) is 14.9 Å². The summed E-state index contributed by atoms with van der Waals surface area (Å²) in [7, 11) is 1.43. The number of amides is 1. The molecule has 0 spiro atoms. The number of carbonyl (C=O) groups is 1. The molecule has 0 aliphatic carbocycles. The molecule has 8 nitrogen and oxygen atoms in total. The molecule has 0 aliphatic heterocycles. The summed E-state index contributed by atoms with van der Waals surface area (Å²) in [5.74, 6) is -0.287. The highest BCUT2D eigenvalue weighted by molar-refractivity contribution is 6.01. The van der Waals surface area contributed by atoms with Crippen molar-refractivity contribution in [3.63, 3.8) is 0 Å². The van der Waals surface area contributed by atoms with Crippen molar-refractivity contribution in [2.75, 3.05) is 7.11 Å². The molecule has 2 aromatic rings. The van der Waals surface area contributed by atoms with E-state index in [1.54, 1.807) is 19.1 Å². The van der Waals surface area contributed by atoms with Crippen LogP contribution in [0.4, 0.5) is 5.69 Å². The third-order valence-corrected chi connectivity index (χ3v) is 3.24. The summed E-state index contributed by atoms with van der Waals surface area (Å²) in [5, 5.41) is 24.3. The molecule has 24 heavy (non-hydrogen) atoms. The molecule has 124 valence electrons. The van der Waals surface area contributed by atoms with Gasteiger partial charge in [0.15, 0.2) is 11.5 Å². The number of aromatic hydroxyl groups is 1. The lowest BCUT2D eigenvalue weighted by molar-refractivity contribution is -0.384. The van der Waals surface area contributed by atoms with Crippen LogP contribution in [0.2, 0.25) is 0 Å². The predicted octanol–water partition coefficient (Wildman–Crippen LogP) is 2.46. The molecule has 0 unspecified atom stereocenters. The lowest BCUT2D eigenvalue weighted by Gasteiger charge is -2.07. The minimum atomic E-state index is -0.575. The zero-order valence-corrected chi connectivity index (χ0v) is 13.0. The van der Waals surface area contributed by atoms with Gasteiger partial charge in [-0.1, -0.05) is 6.07 Å². The Kier molecular flexibility index (Phi) is 5.10. The fourth-order valence-corrected chi connectivity index (χ4v) is 1.93. The SMILES string of the molecule is COc1cc(C(C)=NNC(=O)c2cccc([N+](=O)[O-])c2)ccc1O. The summed E-state index contributed by atoms with van der Waals surface area (Å²) in [5.41, 5.74) is 3.41. The number of hydrogen-bond donors (Lipinski definition) is 2. The Balaban J connectivity index is 2.16. The number of nitro groups is 1. The molecule has 0 bridgehead atoms. The Labute approximate surface area is 137 Å². The van der Waals surface area contributed by atoms with E-state index in [1.165, 1.54) is 37.4 Å². The van der Waals surface area contributed by atoms with Crippen LogP contribution in [0.25, 0.3) is 0 Å². The molecule has 0 aliphatic rings. The highest BCUT2D eigenvalue weighted by Gasteiger charge is 2.11. The fourth-order valence-electron chi connectivity index (χ4n) is 1.93. The number of non-ortho nitro benzene ring substituents is 1.